The molecule has 0 radical (unpaired) electrons. The molecular formula is C19H30IN3OS. The van der Waals surface area contributed by atoms with E-state index >= 15 is 0 Å². The van der Waals surface area contributed by atoms with Crippen LogP contribution in [0.5, 0.6) is 0 Å². The Hall–Kier alpha value is -0.470. The molecule has 25 heavy (non-hydrogen) atoms. The third-order valence-electron chi connectivity index (χ3n) is 5.38. The van der Waals surface area contributed by atoms with E-state index in [2.05, 4.69) is 51.8 Å². The maximum Gasteiger partial charge on any atom is 0.193 e. The van der Waals surface area contributed by atoms with Crippen molar-refractivity contribution in [3.05, 3.63) is 35.9 Å². The lowest BCUT2D eigenvalue weighted by atomic mass is 9.99. The van der Waals surface area contributed by atoms with E-state index in [9.17, 15) is 0 Å². The molecule has 0 amide bonds. The van der Waals surface area contributed by atoms with Crippen LogP contribution in [0.2, 0.25) is 0 Å². The van der Waals surface area contributed by atoms with Gasteiger partial charge in [0.25, 0.3) is 0 Å². The number of halogens is 1. The van der Waals surface area contributed by atoms with Crippen LogP contribution < -0.4 is 5.32 Å². The molecule has 140 valence electrons. The molecule has 1 aromatic rings. The number of likely N-dealkylation sites (tertiary alicyclic amines) is 1. The Kier molecular flexibility index (Phi) is 8.35. The number of rotatable bonds is 4. The van der Waals surface area contributed by atoms with Gasteiger partial charge in [0, 0.05) is 50.6 Å². The molecule has 1 aromatic carbocycles. The van der Waals surface area contributed by atoms with Crippen molar-refractivity contribution in [2.75, 3.05) is 46.2 Å². The quantitative estimate of drug-likeness (QED) is 0.411. The molecule has 4 nitrogen and oxygen atoms in total. The first kappa shape index (κ1) is 20.8. The van der Waals surface area contributed by atoms with Crippen molar-refractivity contribution in [1.29, 1.82) is 0 Å². The lowest BCUT2D eigenvalue weighted by Crippen LogP contribution is -2.48. The highest BCUT2D eigenvalue weighted by Crippen LogP contribution is 2.33. The molecule has 2 aliphatic rings. The predicted octanol–water partition coefficient (Wildman–Crippen LogP) is 3.58. The van der Waals surface area contributed by atoms with Crippen LogP contribution in [0.3, 0.4) is 0 Å². The van der Waals surface area contributed by atoms with Crippen LogP contribution in [-0.4, -0.2) is 61.8 Å². The zero-order chi connectivity index (χ0) is 16.8. The third-order valence-corrected chi connectivity index (χ3v) is 6.79. The van der Waals surface area contributed by atoms with Crippen molar-refractivity contribution in [3.8, 4) is 0 Å². The highest BCUT2D eigenvalue weighted by Gasteiger charge is 2.33. The Morgan fingerprint density at radius 2 is 2.04 bits per heavy atom. The molecule has 0 aliphatic carbocycles. The van der Waals surface area contributed by atoms with Crippen molar-refractivity contribution < 1.29 is 4.74 Å². The maximum absolute atomic E-state index is 5.54. The molecule has 0 bridgehead atoms. The number of aliphatic imine (C=N–C) groups is 1. The summed E-state index contributed by atoms with van der Waals surface area (Å²) in [5.41, 5.74) is 1.44. The van der Waals surface area contributed by atoms with Gasteiger partial charge in [0.15, 0.2) is 5.96 Å². The van der Waals surface area contributed by atoms with Gasteiger partial charge >= 0.3 is 0 Å². The number of nitrogens with zero attached hydrogens (tertiary/aromatic N) is 2. The van der Waals surface area contributed by atoms with Gasteiger partial charge in [-0.05, 0) is 31.1 Å². The highest BCUT2D eigenvalue weighted by molar-refractivity contribution is 14.0. The van der Waals surface area contributed by atoms with Gasteiger partial charge in [-0.2, -0.15) is 11.8 Å². The van der Waals surface area contributed by atoms with Crippen molar-refractivity contribution in [2.24, 2.45) is 4.99 Å². The second kappa shape index (κ2) is 10.0. The number of benzene rings is 1. The minimum absolute atomic E-state index is 0. The van der Waals surface area contributed by atoms with E-state index in [0.717, 1.165) is 51.6 Å². The van der Waals surface area contributed by atoms with Crippen LogP contribution in [0, 0.1) is 0 Å². The topological polar surface area (TPSA) is 36.9 Å². The van der Waals surface area contributed by atoms with Gasteiger partial charge in [-0.15, -0.1) is 24.0 Å². The standard InChI is InChI=1S/C19H29N3OS.HI/c1-20-18(21-15-19(24-2)9-12-23-13-10-19)22-11-8-17(14-22)16-6-4-3-5-7-16;/h3-7,17H,8-15H2,1-2H3,(H,20,21);1H. The molecule has 1 atom stereocenters. The van der Waals surface area contributed by atoms with E-state index in [4.69, 9.17) is 4.74 Å². The van der Waals surface area contributed by atoms with Crippen molar-refractivity contribution in [3.63, 3.8) is 0 Å². The number of hydrogen-bond acceptors (Lipinski definition) is 3. The molecule has 0 saturated carbocycles. The Balaban J connectivity index is 0.00000225. The molecule has 1 unspecified atom stereocenters. The van der Waals surface area contributed by atoms with Gasteiger partial charge in [-0.3, -0.25) is 4.99 Å². The van der Waals surface area contributed by atoms with Crippen molar-refractivity contribution in [2.45, 2.75) is 29.9 Å². The minimum atomic E-state index is 0. The first-order valence-corrected chi connectivity index (χ1v) is 10.1. The molecule has 1 N–H and O–H groups in total. The van der Waals surface area contributed by atoms with Crippen LogP contribution in [-0.2, 0) is 4.74 Å². The maximum atomic E-state index is 5.54. The number of thioether (sulfide) groups is 1. The first-order valence-electron chi connectivity index (χ1n) is 8.90. The second-order valence-electron chi connectivity index (χ2n) is 6.74. The van der Waals surface area contributed by atoms with Gasteiger partial charge in [0.2, 0.25) is 0 Å². The van der Waals surface area contributed by atoms with Crippen LogP contribution in [0.15, 0.2) is 35.3 Å². The molecule has 3 rings (SSSR count). The zero-order valence-electron chi connectivity index (χ0n) is 15.2. The third kappa shape index (κ3) is 5.26. The van der Waals surface area contributed by atoms with E-state index in [1.165, 1.54) is 12.0 Å². The molecule has 0 aromatic heterocycles. The SMILES string of the molecule is CN=C(NCC1(SC)CCOCC1)N1CCC(c2ccccc2)C1.I. The van der Waals surface area contributed by atoms with E-state index in [1.807, 2.05) is 18.8 Å². The van der Waals surface area contributed by atoms with Crippen molar-refractivity contribution in [1.82, 2.24) is 10.2 Å². The average molecular weight is 475 g/mol. The second-order valence-corrected chi connectivity index (χ2v) is 8.02. The van der Waals surface area contributed by atoms with E-state index < -0.39 is 0 Å². The van der Waals surface area contributed by atoms with Crippen LogP contribution in [0.4, 0.5) is 0 Å². The van der Waals surface area contributed by atoms with Gasteiger partial charge in [0.1, 0.15) is 0 Å². The highest BCUT2D eigenvalue weighted by atomic mass is 127. The Bertz CT molecular complexity index is 549. The largest absolute Gasteiger partial charge is 0.381 e. The molecule has 2 heterocycles. The zero-order valence-corrected chi connectivity index (χ0v) is 18.4. The minimum Gasteiger partial charge on any atom is -0.381 e. The molecule has 2 saturated heterocycles. The van der Waals surface area contributed by atoms with Gasteiger partial charge in [0.05, 0.1) is 0 Å². The summed E-state index contributed by atoms with van der Waals surface area (Å²) in [4.78, 5) is 6.95. The fourth-order valence-corrected chi connectivity index (χ4v) is 4.51. The van der Waals surface area contributed by atoms with Crippen LogP contribution >= 0.6 is 35.7 Å². The molecule has 2 fully saturated rings. The van der Waals surface area contributed by atoms with Crippen LogP contribution in [0.25, 0.3) is 0 Å². The van der Waals surface area contributed by atoms with E-state index in [0.29, 0.717) is 5.92 Å². The lowest BCUT2D eigenvalue weighted by Gasteiger charge is -2.37. The number of guanidine groups is 1. The Labute approximate surface area is 173 Å². The summed E-state index contributed by atoms with van der Waals surface area (Å²) < 4.78 is 5.83. The molecular weight excluding hydrogens is 445 g/mol. The lowest BCUT2D eigenvalue weighted by molar-refractivity contribution is 0.0781. The monoisotopic (exact) mass is 475 g/mol. The summed E-state index contributed by atoms with van der Waals surface area (Å²) >= 11 is 1.97. The van der Waals surface area contributed by atoms with E-state index in [-0.39, 0.29) is 28.7 Å². The number of ether oxygens (including phenoxy) is 1. The van der Waals surface area contributed by atoms with Gasteiger partial charge in [-0.1, -0.05) is 30.3 Å². The fourth-order valence-electron chi connectivity index (χ4n) is 3.72. The normalized spacial score (nSPS) is 23.2. The van der Waals surface area contributed by atoms with E-state index in [1.54, 1.807) is 0 Å². The predicted molar refractivity (Wildman–Crippen MR) is 118 cm³/mol. The van der Waals surface area contributed by atoms with Crippen LogP contribution in [0.1, 0.15) is 30.7 Å². The summed E-state index contributed by atoms with van der Waals surface area (Å²) in [5, 5.41) is 3.64. The fraction of sp³-hybridized carbons (Fsp3) is 0.632. The van der Waals surface area contributed by atoms with Crippen molar-refractivity contribution >= 4 is 41.7 Å². The van der Waals surface area contributed by atoms with Gasteiger partial charge in [-0.25, -0.2) is 0 Å². The number of nitrogens with one attached hydrogen (secondary N) is 1. The molecule has 2 aliphatic heterocycles. The summed E-state index contributed by atoms with van der Waals surface area (Å²) in [6, 6.07) is 10.9. The summed E-state index contributed by atoms with van der Waals surface area (Å²) in [5.74, 6) is 1.66. The van der Waals surface area contributed by atoms with Gasteiger partial charge < -0.3 is 15.0 Å². The summed E-state index contributed by atoms with van der Waals surface area (Å²) in [7, 11) is 1.90. The smallest absolute Gasteiger partial charge is 0.193 e. The molecule has 0 spiro atoms. The average Bonchev–Trinajstić information content (AvgIpc) is 3.14. The Morgan fingerprint density at radius 3 is 2.68 bits per heavy atom. The Morgan fingerprint density at radius 1 is 1.32 bits per heavy atom. The molecule has 6 heteroatoms. The summed E-state index contributed by atoms with van der Waals surface area (Å²) in [6.07, 6.45) is 5.65. The number of hydrogen-bond donors (Lipinski definition) is 1. The summed E-state index contributed by atoms with van der Waals surface area (Å²) in [6.45, 7) is 4.85. The first-order chi connectivity index (χ1) is 11.8.